The predicted octanol–water partition coefficient (Wildman–Crippen LogP) is 0.671. The molecule has 1 saturated carbocycles. The first-order valence-corrected chi connectivity index (χ1v) is 5.60. The van der Waals surface area contributed by atoms with Gasteiger partial charge >= 0.3 is 0 Å². The third kappa shape index (κ3) is 3.04. The Balaban J connectivity index is 1.67. The average molecular weight is 209 g/mol. The zero-order valence-electron chi connectivity index (χ0n) is 9.19. The van der Waals surface area contributed by atoms with E-state index in [1.54, 1.807) is 0 Å². The van der Waals surface area contributed by atoms with Crippen molar-refractivity contribution in [3.05, 3.63) is 18.0 Å². The van der Waals surface area contributed by atoms with Crippen LogP contribution in [0.5, 0.6) is 0 Å². The molecule has 0 spiro atoms. The molecule has 0 saturated heterocycles. The molecule has 4 nitrogen and oxygen atoms in total. The van der Waals surface area contributed by atoms with Crippen molar-refractivity contribution in [2.75, 3.05) is 6.54 Å². The summed E-state index contributed by atoms with van der Waals surface area (Å²) in [6.45, 7) is 1.88. The molecule has 0 bridgehead atoms. The molecule has 15 heavy (non-hydrogen) atoms. The number of aryl methyl sites for hydroxylation is 1. The number of aliphatic hydroxyl groups is 1. The van der Waals surface area contributed by atoms with Crippen LogP contribution in [-0.4, -0.2) is 27.5 Å². The lowest BCUT2D eigenvalue weighted by Gasteiger charge is -2.09. The van der Waals surface area contributed by atoms with Gasteiger partial charge in [0.15, 0.2) is 0 Å². The maximum Gasteiger partial charge on any atom is 0.0543 e. The topological polar surface area (TPSA) is 50.1 Å². The van der Waals surface area contributed by atoms with Crippen LogP contribution >= 0.6 is 0 Å². The predicted molar refractivity (Wildman–Crippen MR) is 58.3 cm³/mol. The molecule has 0 amide bonds. The van der Waals surface area contributed by atoms with Crippen molar-refractivity contribution in [1.29, 1.82) is 0 Å². The second kappa shape index (κ2) is 4.77. The van der Waals surface area contributed by atoms with E-state index < -0.39 is 0 Å². The lowest BCUT2D eigenvalue weighted by molar-refractivity contribution is 0.177. The fourth-order valence-electron chi connectivity index (χ4n) is 2.22. The second-order valence-corrected chi connectivity index (χ2v) is 4.49. The smallest absolute Gasteiger partial charge is 0.0543 e. The lowest BCUT2D eigenvalue weighted by atomic mass is 10.1. The highest BCUT2D eigenvalue weighted by Gasteiger charge is 2.21. The van der Waals surface area contributed by atoms with E-state index >= 15 is 0 Å². The molecule has 1 aromatic rings. The van der Waals surface area contributed by atoms with Gasteiger partial charge in [0.1, 0.15) is 0 Å². The molecular weight excluding hydrogens is 190 g/mol. The molecule has 1 heterocycles. The van der Waals surface area contributed by atoms with Gasteiger partial charge in [-0.05, 0) is 31.7 Å². The summed E-state index contributed by atoms with van der Waals surface area (Å²) in [6, 6.07) is 0. The third-order valence-electron chi connectivity index (χ3n) is 3.03. The molecule has 1 aliphatic carbocycles. The molecule has 4 heteroatoms. The quantitative estimate of drug-likeness (QED) is 0.766. The average Bonchev–Trinajstić information content (AvgIpc) is 2.76. The van der Waals surface area contributed by atoms with E-state index in [0.29, 0.717) is 5.92 Å². The molecule has 2 atom stereocenters. The van der Waals surface area contributed by atoms with Gasteiger partial charge in [-0.1, -0.05) is 0 Å². The van der Waals surface area contributed by atoms with E-state index in [4.69, 9.17) is 0 Å². The fourth-order valence-corrected chi connectivity index (χ4v) is 2.22. The molecule has 1 fully saturated rings. The normalized spacial score (nSPS) is 26.0. The van der Waals surface area contributed by atoms with Crippen molar-refractivity contribution in [1.82, 2.24) is 15.1 Å². The molecule has 1 aromatic heterocycles. The van der Waals surface area contributed by atoms with E-state index in [-0.39, 0.29) is 6.10 Å². The molecule has 0 aromatic carbocycles. The van der Waals surface area contributed by atoms with E-state index in [0.717, 1.165) is 32.4 Å². The van der Waals surface area contributed by atoms with Gasteiger partial charge in [-0.25, -0.2) is 0 Å². The highest BCUT2D eigenvalue weighted by molar-refractivity contribution is 5.02. The van der Waals surface area contributed by atoms with Gasteiger partial charge in [0.25, 0.3) is 0 Å². The van der Waals surface area contributed by atoms with Crippen LogP contribution in [0.2, 0.25) is 0 Å². The molecular formula is C11H19N3O. The summed E-state index contributed by atoms with van der Waals surface area (Å²) in [6.07, 6.45) is 6.93. The Hall–Kier alpha value is -0.870. The van der Waals surface area contributed by atoms with Crippen molar-refractivity contribution < 1.29 is 5.11 Å². The van der Waals surface area contributed by atoms with Gasteiger partial charge in [-0.15, -0.1) is 0 Å². The standard InChI is InChI=1S/C11H19N3O/c1-14-8-10(7-13-14)6-12-5-9-2-3-11(15)4-9/h7-9,11-12,15H,2-6H2,1H3. The lowest BCUT2D eigenvalue weighted by Crippen LogP contribution is -2.21. The summed E-state index contributed by atoms with van der Waals surface area (Å²) in [5.41, 5.74) is 1.22. The van der Waals surface area contributed by atoms with E-state index in [1.807, 2.05) is 24.1 Å². The van der Waals surface area contributed by atoms with Crippen molar-refractivity contribution in [3.8, 4) is 0 Å². The van der Waals surface area contributed by atoms with Crippen LogP contribution < -0.4 is 5.32 Å². The van der Waals surface area contributed by atoms with Crippen molar-refractivity contribution in [2.24, 2.45) is 13.0 Å². The van der Waals surface area contributed by atoms with E-state index in [1.165, 1.54) is 5.56 Å². The molecule has 84 valence electrons. The summed E-state index contributed by atoms with van der Waals surface area (Å²) < 4.78 is 1.82. The first kappa shape index (κ1) is 10.6. The molecule has 2 rings (SSSR count). The molecule has 2 N–H and O–H groups in total. The monoisotopic (exact) mass is 209 g/mol. The summed E-state index contributed by atoms with van der Waals surface area (Å²) in [5.74, 6) is 0.650. The minimum absolute atomic E-state index is 0.0600. The van der Waals surface area contributed by atoms with Gasteiger partial charge in [-0.3, -0.25) is 4.68 Å². The first-order valence-electron chi connectivity index (χ1n) is 5.60. The summed E-state index contributed by atoms with van der Waals surface area (Å²) in [5, 5.41) is 16.9. The number of aliphatic hydroxyl groups excluding tert-OH is 1. The Morgan fingerprint density at radius 3 is 3.07 bits per heavy atom. The van der Waals surface area contributed by atoms with E-state index in [9.17, 15) is 5.11 Å². The highest BCUT2D eigenvalue weighted by atomic mass is 16.3. The maximum absolute atomic E-state index is 9.38. The number of rotatable bonds is 4. The van der Waals surface area contributed by atoms with Gasteiger partial charge in [0.05, 0.1) is 12.3 Å². The van der Waals surface area contributed by atoms with Crippen LogP contribution in [0.3, 0.4) is 0 Å². The van der Waals surface area contributed by atoms with Gasteiger partial charge in [0.2, 0.25) is 0 Å². The third-order valence-corrected chi connectivity index (χ3v) is 3.03. The summed E-state index contributed by atoms with van der Waals surface area (Å²) in [7, 11) is 1.93. The van der Waals surface area contributed by atoms with Crippen molar-refractivity contribution in [2.45, 2.75) is 31.9 Å². The molecule has 0 aliphatic heterocycles. The number of nitrogens with zero attached hydrogens (tertiary/aromatic N) is 2. The minimum Gasteiger partial charge on any atom is -0.393 e. The fraction of sp³-hybridized carbons (Fsp3) is 0.727. The van der Waals surface area contributed by atoms with Crippen LogP contribution in [0.1, 0.15) is 24.8 Å². The number of hydrogen-bond acceptors (Lipinski definition) is 3. The van der Waals surface area contributed by atoms with E-state index in [2.05, 4.69) is 10.4 Å². The van der Waals surface area contributed by atoms with Gasteiger partial charge < -0.3 is 10.4 Å². The maximum atomic E-state index is 9.38. The van der Waals surface area contributed by atoms with Crippen LogP contribution in [0, 0.1) is 5.92 Å². The van der Waals surface area contributed by atoms with Crippen LogP contribution in [-0.2, 0) is 13.6 Å². The number of hydrogen-bond donors (Lipinski definition) is 2. The summed E-state index contributed by atoms with van der Waals surface area (Å²) in [4.78, 5) is 0. The van der Waals surface area contributed by atoms with Crippen molar-refractivity contribution >= 4 is 0 Å². The Morgan fingerprint density at radius 1 is 1.60 bits per heavy atom. The largest absolute Gasteiger partial charge is 0.393 e. The van der Waals surface area contributed by atoms with Crippen molar-refractivity contribution in [3.63, 3.8) is 0 Å². The SMILES string of the molecule is Cn1cc(CNCC2CCC(O)C2)cn1. The Kier molecular flexibility index (Phi) is 3.38. The van der Waals surface area contributed by atoms with Gasteiger partial charge in [0, 0.05) is 25.4 Å². The Morgan fingerprint density at radius 2 is 2.47 bits per heavy atom. The Labute approximate surface area is 90.3 Å². The minimum atomic E-state index is -0.0600. The Bertz CT molecular complexity index is 311. The summed E-state index contributed by atoms with van der Waals surface area (Å²) >= 11 is 0. The molecule has 2 unspecified atom stereocenters. The van der Waals surface area contributed by atoms with Gasteiger partial charge in [-0.2, -0.15) is 5.10 Å². The van der Waals surface area contributed by atoms with Crippen LogP contribution in [0.4, 0.5) is 0 Å². The zero-order valence-corrected chi connectivity index (χ0v) is 9.19. The second-order valence-electron chi connectivity index (χ2n) is 4.49. The highest BCUT2D eigenvalue weighted by Crippen LogP contribution is 2.24. The number of nitrogens with one attached hydrogen (secondary N) is 1. The van der Waals surface area contributed by atoms with Crippen LogP contribution in [0.15, 0.2) is 12.4 Å². The number of aromatic nitrogens is 2. The molecule has 1 aliphatic rings. The molecule has 0 radical (unpaired) electrons. The zero-order chi connectivity index (χ0) is 10.7. The van der Waals surface area contributed by atoms with Crippen LogP contribution in [0.25, 0.3) is 0 Å². The first-order chi connectivity index (χ1) is 7.24.